The van der Waals surface area contributed by atoms with Crippen LogP contribution < -0.4 is 10.1 Å². The van der Waals surface area contributed by atoms with Gasteiger partial charge in [-0.05, 0) is 45.0 Å². The van der Waals surface area contributed by atoms with E-state index in [0.717, 1.165) is 12.3 Å². The lowest BCUT2D eigenvalue weighted by Gasteiger charge is -2.20. The molecule has 114 valence electrons. The van der Waals surface area contributed by atoms with Gasteiger partial charge in [0, 0.05) is 18.3 Å². The van der Waals surface area contributed by atoms with Gasteiger partial charge in [0.1, 0.15) is 5.75 Å². The predicted octanol–water partition coefficient (Wildman–Crippen LogP) is 3.21. The van der Waals surface area contributed by atoms with E-state index in [1.807, 2.05) is 43.9 Å². The van der Waals surface area contributed by atoms with Crippen LogP contribution in [0.5, 0.6) is 5.75 Å². The summed E-state index contributed by atoms with van der Waals surface area (Å²) in [5, 5.41) is 7.90. The molecule has 1 unspecified atom stereocenters. The smallest absolute Gasteiger partial charge is 0.120 e. The van der Waals surface area contributed by atoms with Crippen LogP contribution in [-0.4, -0.2) is 22.4 Å². The quantitative estimate of drug-likeness (QED) is 0.886. The maximum atomic E-state index is 5.81. The first-order valence-corrected chi connectivity index (χ1v) is 7.51. The van der Waals surface area contributed by atoms with E-state index in [-0.39, 0.29) is 12.1 Å². The van der Waals surface area contributed by atoms with Crippen molar-refractivity contribution in [2.24, 2.45) is 7.05 Å². The lowest BCUT2D eigenvalue weighted by atomic mass is 9.99. The lowest BCUT2D eigenvalue weighted by Crippen LogP contribution is -2.22. The molecule has 0 radical (unpaired) electrons. The molecule has 2 rings (SSSR count). The van der Waals surface area contributed by atoms with Crippen molar-refractivity contribution in [3.63, 3.8) is 0 Å². The van der Waals surface area contributed by atoms with Gasteiger partial charge in [-0.2, -0.15) is 5.10 Å². The normalized spacial score (nSPS) is 12.7. The summed E-state index contributed by atoms with van der Waals surface area (Å²) in [6.07, 6.45) is 2.12. The van der Waals surface area contributed by atoms with E-state index in [1.54, 1.807) is 0 Å². The van der Waals surface area contributed by atoms with E-state index in [1.165, 1.54) is 16.8 Å². The van der Waals surface area contributed by atoms with E-state index in [0.29, 0.717) is 0 Å². The Balaban J connectivity index is 2.36. The molecule has 1 N–H and O–H groups in total. The van der Waals surface area contributed by atoms with E-state index >= 15 is 0 Å². The molecule has 0 spiro atoms. The summed E-state index contributed by atoms with van der Waals surface area (Å²) in [6.45, 7) is 9.20. The highest BCUT2D eigenvalue weighted by Crippen LogP contribution is 2.27. The van der Waals surface area contributed by atoms with Crippen molar-refractivity contribution < 1.29 is 4.74 Å². The fourth-order valence-electron chi connectivity index (χ4n) is 2.45. The standard InChI is InChI=1S/C17H25N3O/c1-6-18-17(16-11-19-20(5)13(16)4)14-8-7-9-15(10-14)21-12(2)3/h7-12,17-18H,6H2,1-5H3. The number of hydrogen-bond donors (Lipinski definition) is 1. The Morgan fingerprint density at radius 2 is 2.10 bits per heavy atom. The molecular weight excluding hydrogens is 262 g/mol. The van der Waals surface area contributed by atoms with Gasteiger partial charge in [-0.1, -0.05) is 19.1 Å². The molecule has 4 nitrogen and oxygen atoms in total. The lowest BCUT2D eigenvalue weighted by molar-refractivity contribution is 0.242. The van der Waals surface area contributed by atoms with Gasteiger partial charge < -0.3 is 10.1 Å². The van der Waals surface area contributed by atoms with Crippen LogP contribution in [0.2, 0.25) is 0 Å². The Kier molecular flexibility index (Phi) is 5.02. The third-order valence-corrected chi connectivity index (χ3v) is 3.56. The second kappa shape index (κ2) is 6.76. The van der Waals surface area contributed by atoms with Crippen LogP contribution in [0.4, 0.5) is 0 Å². The van der Waals surface area contributed by atoms with Crippen molar-refractivity contribution in [3.05, 3.63) is 47.3 Å². The minimum atomic E-state index is 0.138. The Morgan fingerprint density at radius 3 is 2.67 bits per heavy atom. The molecule has 0 aliphatic heterocycles. The van der Waals surface area contributed by atoms with Crippen LogP contribution in [-0.2, 0) is 7.05 Å². The number of benzene rings is 1. The Hall–Kier alpha value is -1.81. The molecule has 21 heavy (non-hydrogen) atoms. The summed E-state index contributed by atoms with van der Waals surface area (Å²) in [5.41, 5.74) is 3.59. The Labute approximate surface area is 127 Å². The maximum absolute atomic E-state index is 5.81. The second-order valence-electron chi connectivity index (χ2n) is 5.54. The number of rotatable bonds is 6. The largest absolute Gasteiger partial charge is 0.491 e. The molecule has 0 saturated carbocycles. The first kappa shape index (κ1) is 15.6. The molecule has 1 heterocycles. The van der Waals surface area contributed by atoms with Gasteiger partial charge >= 0.3 is 0 Å². The van der Waals surface area contributed by atoms with Gasteiger partial charge in [-0.15, -0.1) is 0 Å². The molecule has 0 fully saturated rings. The minimum Gasteiger partial charge on any atom is -0.491 e. The van der Waals surface area contributed by atoms with Crippen molar-refractivity contribution in [1.82, 2.24) is 15.1 Å². The number of aryl methyl sites for hydroxylation is 1. The number of hydrogen-bond acceptors (Lipinski definition) is 3. The topological polar surface area (TPSA) is 39.1 Å². The summed E-state index contributed by atoms with van der Waals surface area (Å²) in [7, 11) is 1.97. The van der Waals surface area contributed by atoms with Crippen LogP contribution in [0, 0.1) is 6.92 Å². The zero-order valence-electron chi connectivity index (χ0n) is 13.6. The Morgan fingerprint density at radius 1 is 1.33 bits per heavy atom. The van der Waals surface area contributed by atoms with Crippen LogP contribution in [0.25, 0.3) is 0 Å². The van der Waals surface area contributed by atoms with Crippen LogP contribution in [0.1, 0.15) is 43.6 Å². The average Bonchev–Trinajstić information content (AvgIpc) is 2.76. The number of nitrogens with zero attached hydrogens (tertiary/aromatic N) is 2. The van der Waals surface area contributed by atoms with E-state index in [4.69, 9.17) is 4.74 Å². The molecule has 1 atom stereocenters. The van der Waals surface area contributed by atoms with E-state index in [2.05, 4.69) is 36.4 Å². The van der Waals surface area contributed by atoms with Gasteiger partial charge in [0.05, 0.1) is 18.3 Å². The minimum absolute atomic E-state index is 0.138. The van der Waals surface area contributed by atoms with Gasteiger partial charge in [-0.3, -0.25) is 4.68 Å². The first-order valence-electron chi connectivity index (χ1n) is 7.51. The zero-order chi connectivity index (χ0) is 15.4. The summed E-state index contributed by atoms with van der Waals surface area (Å²) in [6, 6.07) is 8.43. The predicted molar refractivity (Wildman–Crippen MR) is 85.7 cm³/mol. The number of ether oxygens (including phenoxy) is 1. The van der Waals surface area contributed by atoms with Crippen molar-refractivity contribution in [2.75, 3.05) is 6.54 Å². The third kappa shape index (κ3) is 3.64. The Bertz CT molecular complexity index is 589. The molecule has 4 heteroatoms. The molecule has 1 aromatic heterocycles. The third-order valence-electron chi connectivity index (χ3n) is 3.56. The summed E-state index contributed by atoms with van der Waals surface area (Å²) < 4.78 is 7.72. The highest BCUT2D eigenvalue weighted by molar-refractivity contribution is 5.37. The number of nitrogens with one attached hydrogen (secondary N) is 1. The first-order chi connectivity index (χ1) is 10.0. The van der Waals surface area contributed by atoms with E-state index < -0.39 is 0 Å². The van der Waals surface area contributed by atoms with Crippen molar-refractivity contribution in [2.45, 2.75) is 39.8 Å². The molecule has 0 aliphatic carbocycles. The molecule has 0 amide bonds. The fraction of sp³-hybridized carbons (Fsp3) is 0.471. The highest BCUT2D eigenvalue weighted by atomic mass is 16.5. The van der Waals surface area contributed by atoms with Gasteiger partial charge in [0.25, 0.3) is 0 Å². The summed E-state index contributed by atoms with van der Waals surface area (Å²) in [5.74, 6) is 0.909. The molecule has 0 saturated heterocycles. The highest BCUT2D eigenvalue weighted by Gasteiger charge is 2.18. The van der Waals surface area contributed by atoms with Crippen molar-refractivity contribution in [3.8, 4) is 5.75 Å². The molecule has 1 aromatic carbocycles. The average molecular weight is 287 g/mol. The van der Waals surface area contributed by atoms with Gasteiger partial charge in [-0.25, -0.2) is 0 Å². The second-order valence-corrected chi connectivity index (χ2v) is 5.54. The fourth-order valence-corrected chi connectivity index (χ4v) is 2.45. The van der Waals surface area contributed by atoms with Crippen LogP contribution >= 0.6 is 0 Å². The number of aromatic nitrogens is 2. The van der Waals surface area contributed by atoms with Crippen LogP contribution in [0.3, 0.4) is 0 Å². The van der Waals surface area contributed by atoms with E-state index in [9.17, 15) is 0 Å². The molecule has 0 aliphatic rings. The maximum Gasteiger partial charge on any atom is 0.120 e. The van der Waals surface area contributed by atoms with Crippen molar-refractivity contribution in [1.29, 1.82) is 0 Å². The summed E-state index contributed by atoms with van der Waals surface area (Å²) in [4.78, 5) is 0. The van der Waals surface area contributed by atoms with Gasteiger partial charge in [0.2, 0.25) is 0 Å². The van der Waals surface area contributed by atoms with Crippen LogP contribution in [0.15, 0.2) is 30.5 Å². The molecule has 2 aromatic rings. The molecule has 0 bridgehead atoms. The van der Waals surface area contributed by atoms with Crippen molar-refractivity contribution >= 4 is 0 Å². The van der Waals surface area contributed by atoms with Gasteiger partial charge in [0.15, 0.2) is 0 Å². The summed E-state index contributed by atoms with van der Waals surface area (Å²) >= 11 is 0. The SMILES string of the molecule is CCNC(c1cccc(OC(C)C)c1)c1cnn(C)c1C. The monoisotopic (exact) mass is 287 g/mol. The molecular formula is C17H25N3O. The zero-order valence-corrected chi connectivity index (χ0v) is 13.6.